The van der Waals surface area contributed by atoms with E-state index in [0.29, 0.717) is 5.82 Å². The molecule has 1 heterocycles. The van der Waals surface area contributed by atoms with E-state index in [1.54, 1.807) is 11.7 Å². The molecule has 2 aromatic rings. The summed E-state index contributed by atoms with van der Waals surface area (Å²) >= 11 is 0. The molecule has 0 saturated carbocycles. The number of hydrogen-bond acceptors (Lipinski definition) is 3. The lowest BCUT2D eigenvalue weighted by Gasteiger charge is -2.26. The summed E-state index contributed by atoms with van der Waals surface area (Å²) < 4.78 is 15.0. The number of nitrogens with one attached hydrogen (secondary N) is 1. The van der Waals surface area contributed by atoms with E-state index in [9.17, 15) is 14.0 Å². The third-order valence-electron chi connectivity index (χ3n) is 4.19. The summed E-state index contributed by atoms with van der Waals surface area (Å²) in [5, 5.41) is 7.22. The van der Waals surface area contributed by atoms with E-state index in [1.807, 2.05) is 40.7 Å². The normalized spacial score (nSPS) is 11.6. The molecule has 0 unspecified atom stereocenters. The molecule has 0 saturated heterocycles. The van der Waals surface area contributed by atoms with Gasteiger partial charge in [0.05, 0.1) is 5.69 Å². The van der Waals surface area contributed by atoms with Gasteiger partial charge in [0.2, 0.25) is 5.91 Å². The molecule has 6 nitrogen and oxygen atoms in total. The molecule has 0 aliphatic carbocycles. The quantitative estimate of drug-likeness (QED) is 0.873. The van der Waals surface area contributed by atoms with Crippen LogP contribution < -0.4 is 5.32 Å². The van der Waals surface area contributed by atoms with E-state index < -0.39 is 5.82 Å². The maximum Gasteiger partial charge on any atom is 0.254 e. The van der Waals surface area contributed by atoms with Crippen molar-refractivity contribution in [2.75, 3.05) is 11.9 Å². The first kappa shape index (κ1) is 20.6. The van der Waals surface area contributed by atoms with Crippen LogP contribution in [0.3, 0.4) is 0 Å². The summed E-state index contributed by atoms with van der Waals surface area (Å²) in [5.41, 5.74) is 0.932. The van der Waals surface area contributed by atoms with Crippen molar-refractivity contribution >= 4 is 17.6 Å². The first-order valence-corrected chi connectivity index (χ1v) is 8.90. The standard InChI is InChI=1S/C20H27FN4O2/c1-13(2)25(19(27)14-8-7-9-15(21)10-14)12-18(26)22-17-11-16(20(3,4)5)23-24(17)6/h7-11,13H,12H2,1-6H3,(H,22,26). The first-order valence-electron chi connectivity index (χ1n) is 8.90. The lowest BCUT2D eigenvalue weighted by atomic mass is 9.92. The fourth-order valence-corrected chi connectivity index (χ4v) is 2.56. The zero-order valence-corrected chi connectivity index (χ0v) is 16.7. The Labute approximate surface area is 159 Å². The number of benzene rings is 1. The number of carbonyl (C=O) groups is 2. The smallest absolute Gasteiger partial charge is 0.254 e. The molecule has 1 aromatic carbocycles. The molecule has 0 bridgehead atoms. The van der Waals surface area contributed by atoms with Crippen molar-refractivity contribution in [3.05, 3.63) is 47.4 Å². The predicted octanol–water partition coefficient (Wildman–Crippen LogP) is 3.35. The van der Waals surface area contributed by atoms with Crippen LogP contribution >= 0.6 is 0 Å². The van der Waals surface area contributed by atoms with Crippen molar-refractivity contribution in [2.24, 2.45) is 7.05 Å². The molecular weight excluding hydrogens is 347 g/mol. The minimum atomic E-state index is -0.487. The first-order chi connectivity index (χ1) is 12.5. The highest BCUT2D eigenvalue weighted by molar-refractivity contribution is 5.99. The van der Waals surface area contributed by atoms with Crippen molar-refractivity contribution in [1.82, 2.24) is 14.7 Å². The molecule has 0 atom stereocenters. The van der Waals surface area contributed by atoms with Gasteiger partial charge in [-0.25, -0.2) is 4.39 Å². The maximum absolute atomic E-state index is 13.4. The molecule has 1 aromatic heterocycles. The van der Waals surface area contributed by atoms with Crippen LogP contribution in [0.5, 0.6) is 0 Å². The van der Waals surface area contributed by atoms with E-state index in [4.69, 9.17) is 0 Å². The van der Waals surface area contributed by atoms with Gasteiger partial charge in [-0.1, -0.05) is 26.8 Å². The lowest BCUT2D eigenvalue weighted by molar-refractivity contribution is -0.117. The fourth-order valence-electron chi connectivity index (χ4n) is 2.56. The van der Waals surface area contributed by atoms with Gasteiger partial charge in [-0.2, -0.15) is 5.10 Å². The van der Waals surface area contributed by atoms with E-state index in [1.165, 1.54) is 29.2 Å². The second kappa shape index (κ2) is 7.90. The molecule has 7 heteroatoms. The second-order valence-corrected chi connectivity index (χ2v) is 7.87. The Hall–Kier alpha value is -2.70. The average Bonchev–Trinajstić information content (AvgIpc) is 2.93. The molecule has 0 radical (unpaired) electrons. The van der Waals surface area contributed by atoms with Gasteiger partial charge in [0.15, 0.2) is 0 Å². The van der Waals surface area contributed by atoms with Crippen LogP contribution in [0.15, 0.2) is 30.3 Å². The van der Waals surface area contributed by atoms with Gasteiger partial charge >= 0.3 is 0 Å². The Morgan fingerprint density at radius 1 is 1.26 bits per heavy atom. The zero-order valence-electron chi connectivity index (χ0n) is 16.7. The molecule has 146 valence electrons. The van der Waals surface area contributed by atoms with Gasteiger partial charge in [0, 0.05) is 30.1 Å². The van der Waals surface area contributed by atoms with E-state index in [0.717, 1.165) is 5.69 Å². The molecule has 0 aliphatic rings. The summed E-state index contributed by atoms with van der Waals surface area (Å²) in [6, 6.07) is 7.07. The van der Waals surface area contributed by atoms with Crippen molar-refractivity contribution in [3.8, 4) is 0 Å². The van der Waals surface area contributed by atoms with Gasteiger partial charge in [-0.3, -0.25) is 14.3 Å². The minimum Gasteiger partial charge on any atom is -0.327 e. The number of hydrogen-bond donors (Lipinski definition) is 1. The molecular formula is C20H27FN4O2. The molecule has 0 spiro atoms. The zero-order chi connectivity index (χ0) is 20.4. The van der Waals surface area contributed by atoms with Gasteiger partial charge in [0.25, 0.3) is 5.91 Å². The predicted molar refractivity (Wildman–Crippen MR) is 103 cm³/mol. The van der Waals surface area contributed by atoms with Crippen LogP contribution in [0, 0.1) is 5.82 Å². The summed E-state index contributed by atoms with van der Waals surface area (Å²) in [4.78, 5) is 26.6. The third-order valence-corrected chi connectivity index (χ3v) is 4.19. The van der Waals surface area contributed by atoms with Crippen LogP contribution in [0.1, 0.15) is 50.7 Å². The number of halogens is 1. The summed E-state index contributed by atoms with van der Waals surface area (Å²) in [6.45, 7) is 9.61. The summed E-state index contributed by atoms with van der Waals surface area (Å²) in [5.74, 6) is -0.651. The van der Waals surface area contributed by atoms with Crippen LogP contribution in [0.4, 0.5) is 10.2 Å². The molecule has 27 heavy (non-hydrogen) atoms. The Morgan fingerprint density at radius 3 is 2.44 bits per heavy atom. The fraction of sp³-hybridized carbons (Fsp3) is 0.450. The summed E-state index contributed by atoms with van der Waals surface area (Å²) in [6.07, 6.45) is 0. The highest BCUT2D eigenvalue weighted by atomic mass is 19.1. The summed E-state index contributed by atoms with van der Waals surface area (Å²) in [7, 11) is 1.75. The number of carbonyl (C=O) groups excluding carboxylic acids is 2. The molecule has 1 N–H and O–H groups in total. The van der Waals surface area contributed by atoms with Crippen molar-refractivity contribution in [3.63, 3.8) is 0 Å². The van der Waals surface area contributed by atoms with Gasteiger partial charge in [-0.15, -0.1) is 0 Å². The number of nitrogens with zero attached hydrogens (tertiary/aromatic N) is 3. The van der Waals surface area contributed by atoms with Gasteiger partial charge in [0.1, 0.15) is 18.2 Å². The van der Waals surface area contributed by atoms with Crippen molar-refractivity contribution in [1.29, 1.82) is 0 Å². The minimum absolute atomic E-state index is 0.136. The Balaban J connectivity index is 2.14. The maximum atomic E-state index is 13.4. The van der Waals surface area contributed by atoms with Crippen molar-refractivity contribution in [2.45, 2.75) is 46.1 Å². The Kier molecular flexibility index (Phi) is 6.03. The van der Waals surface area contributed by atoms with E-state index in [2.05, 4.69) is 10.4 Å². The lowest BCUT2D eigenvalue weighted by Crippen LogP contribution is -2.42. The number of amides is 2. The number of rotatable bonds is 5. The third kappa shape index (κ3) is 5.15. The monoisotopic (exact) mass is 374 g/mol. The molecule has 2 amide bonds. The molecule has 2 rings (SSSR count). The van der Waals surface area contributed by atoms with Crippen LogP contribution in [-0.2, 0) is 17.3 Å². The van der Waals surface area contributed by atoms with Gasteiger partial charge < -0.3 is 10.2 Å². The Morgan fingerprint density at radius 2 is 1.93 bits per heavy atom. The SMILES string of the molecule is CC(C)N(CC(=O)Nc1cc(C(C)(C)C)nn1C)C(=O)c1cccc(F)c1. The molecule has 0 aliphatic heterocycles. The van der Waals surface area contributed by atoms with Crippen LogP contribution in [0.25, 0.3) is 0 Å². The second-order valence-electron chi connectivity index (χ2n) is 7.87. The average molecular weight is 374 g/mol. The number of aromatic nitrogens is 2. The van der Waals surface area contributed by atoms with Crippen LogP contribution in [0.2, 0.25) is 0 Å². The van der Waals surface area contributed by atoms with Crippen LogP contribution in [-0.4, -0.2) is 39.1 Å². The number of anilines is 1. The van der Waals surface area contributed by atoms with E-state index >= 15 is 0 Å². The molecule has 0 fully saturated rings. The highest BCUT2D eigenvalue weighted by Crippen LogP contribution is 2.23. The van der Waals surface area contributed by atoms with Gasteiger partial charge in [-0.05, 0) is 32.0 Å². The van der Waals surface area contributed by atoms with E-state index in [-0.39, 0.29) is 35.4 Å². The largest absolute Gasteiger partial charge is 0.327 e. The Bertz CT molecular complexity index is 837. The van der Waals surface area contributed by atoms with Crippen molar-refractivity contribution < 1.29 is 14.0 Å². The highest BCUT2D eigenvalue weighted by Gasteiger charge is 2.24. The number of aryl methyl sites for hydroxylation is 1. The topological polar surface area (TPSA) is 67.2 Å².